The van der Waals surface area contributed by atoms with Gasteiger partial charge < -0.3 is 9.84 Å². The molecule has 1 rings (SSSR count). The van der Waals surface area contributed by atoms with Gasteiger partial charge in [-0.25, -0.2) is 21.6 Å². The van der Waals surface area contributed by atoms with Gasteiger partial charge in [0, 0.05) is 6.26 Å². The Labute approximate surface area is 117 Å². The Balaban J connectivity index is 3.20. The van der Waals surface area contributed by atoms with Gasteiger partial charge in [-0.15, -0.1) is 0 Å². The predicted octanol–water partition coefficient (Wildman–Crippen LogP) is 0.212. The van der Waals surface area contributed by atoms with Gasteiger partial charge in [0.05, 0.1) is 23.5 Å². The number of benzene rings is 1. The number of aromatic carboxylic acids is 1. The second kappa shape index (κ2) is 5.80. The Hall–Kier alpha value is -1.61. The summed E-state index contributed by atoms with van der Waals surface area (Å²) in [5.74, 6) is -2.43. The summed E-state index contributed by atoms with van der Waals surface area (Å²) in [5, 5.41) is 8.98. The zero-order valence-electron chi connectivity index (χ0n) is 10.9. The summed E-state index contributed by atoms with van der Waals surface area (Å²) in [6.45, 7) is 0. The second-order valence-corrected chi connectivity index (χ2v) is 8.48. The Morgan fingerprint density at radius 2 is 1.80 bits per heavy atom. The van der Waals surface area contributed by atoms with Crippen molar-refractivity contribution in [2.75, 3.05) is 24.9 Å². The zero-order chi connectivity index (χ0) is 15.6. The minimum Gasteiger partial charge on any atom is -0.496 e. The Kier molecular flexibility index (Phi) is 4.77. The largest absolute Gasteiger partial charge is 0.496 e. The molecule has 0 atom stereocenters. The van der Waals surface area contributed by atoms with Crippen LogP contribution in [0.15, 0.2) is 23.1 Å². The average Bonchev–Trinajstić information content (AvgIpc) is 2.35. The minimum atomic E-state index is -3.87. The molecule has 0 amide bonds. The van der Waals surface area contributed by atoms with Gasteiger partial charge in [-0.2, -0.15) is 0 Å². The van der Waals surface area contributed by atoms with Crippen LogP contribution in [0.5, 0.6) is 5.75 Å². The number of hydrogen-bond donors (Lipinski definition) is 1. The summed E-state index contributed by atoms with van der Waals surface area (Å²) in [5.41, 5.74) is -0.298. The standard InChI is InChI=1S/C11H14O7S2/c1-18-10-4-3-8(7-9(10)11(12)13)20(16,17)6-5-19(2,14)15/h3-4,7H,5-6H2,1-2H3,(H,12,13). The molecule has 1 aromatic rings. The van der Waals surface area contributed by atoms with Crippen molar-refractivity contribution >= 4 is 25.6 Å². The molecule has 20 heavy (non-hydrogen) atoms. The molecule has 0 radical (unpaired) electrons. The molecule has 0 unspecified atom stereocenters. The lowest BCUT2D eigenvalue weighted by Gasteiger charge is -2.08. The fourth-order valence-electron chi connectivity index (χ4n) is 1.43. The fourth-order valence-corrected chi connectivity index (χ4v) is 4.32. The molecule has 0 aliphatic carbocycles. The van der Waals surface area contributed by atoms with E-state index < -0.39 is 37.1 Å². The van der Waals surface area contributed by atoms with E-state index in [-0.39, 0.29) is 16.2 Å². The molecule has 0 bridgehead atoms. The maximum absolute atomic E-state index is 12.0. The fraction of sp³-hybridized carbons (Fsp3) is 0.364. The SMILES string of the molecule is COc1ccc(S(=O)(=O)CCS(C)(=O)=O)cc1C(=O)O. The molecule has 0 heterocycles. The molecule has 0 fully saturated rings. The van der Waals surface area contributed by atoms with E-state index in [1.807, 2.05) is 0 Å². The average molecular weight is 322 g/mol. The topological polar surface area (TPSA) is 115 Å². The Morgan fingerprint density at radius 1 is 1.20 bits per heavy atom. The van der Waals surface area contributed by atoms with Crippen LogP contribution in [-0.2, 0) is 19.7 Å². The van der Waals surface area contributed by atoms with Gasteiger partial charge >= 0.3 is 5.97 Å². The molecule has 0 spiro atoms. The first-order valence-electron chi connectivity index (χ1n) is 5.38. The molecule has 0 aliphatic rings. The van der Waals surface area contributed by atoms with Gasteiger partial charge in [-0.1, -0.05) is 0 Å². The summed E-state index contributed by atoms with van der Waals surface area (Å²) in [6, 6.07) is 3.36. The van der Waals surface area contributed by atoms with Crippen LogP contribution in [0, 0.1) is 0 Å². The lowest BCUT2D eigenvalue weighted by Crippen LogP contribution is -2.17. The third kappa shape index (κ3) is 4.20. The van der Waals surface area contributed by atoms with Gasteiger partial charge in [-0.05, 0) is 18.2 Å². The van der Waals surface area contributed by atoms with Gasteiger partial charge in [0.2, 0.25) is 0 Å². The molecule has 0 saturated carbocycles. The van der Waals surface area contributed by atoms with Gasteiger partial charge in [0.15, 0.2) is 9.84 Å². The summed E-state index contributed by atoms with van der Waals surface area (Å²) in [4.78, 5) is 10.8. The van der Waals surface area contributed by atoms with E-state index in [1.165, 1.54) is 19.2 Å². The summed E-state index contributed by atoms with van der Waals surface area (Å²) in [7, 11) is -6.03. The van der Waals surface area contributed by atoms with Crippen LogP contribution >= 0.6 is 0 Å². The molecule has 0 aromatic heterocycles. The highest BCUT2D eigenvalue weighted by Crippen LogP contribution is 2.23. The number of rotatable bonds is 6. The number of carboxylic acids is 1. The highest BCUT2D eigenvalue weighted by atomic mass is 32.2. The number of carboxylic acid groups (broad SMARTS) is 1. The first kappa shape index (κ1) is 16.4. The molecular weight excluding hydrogens is 308 g/mol. The molecule has 9 heteroatoms. The number of hydrogen-bond acceptors (Lipinski definition) is 6. The smallest absolute Gasteiger partial charge is 0.339 e. The molecule has 7 nitrogen and oxygen atoms in total. The van der Waals surface area contributed by atoms with E-state index in [2.05, 4.69) is 0 Å². The quantitative estimate of drug-likeness (QED) is 0.796. The lowest BCUT2D eigenvalue weighted by molar-refractivity contribution is 0.0693. The Bertz CT molecular complexity index is 717. The molecule has 112 valence electrons. The summed E-state index contributed by atoms with van der Waals surface area (Å²) in [6.07, 6.45) is 0.930. The van der Waals surface area contributed by atoms with Crippen LogP contribution in [0.1, 0.15) is 10.4 Å². The molecule has 1 aromatic carbocycles. The van der Waals surface area contributed by atoms with Crippen molar-refractivity contribution in [3.63, 3.8) is 0 Å². The number of carbonyl (C=O) groups is 1. The highest BCUT2D eigenvalue weighted by Gasteiger charge is 2.21. The van der Waals surface area contributed by atoms with Crippen LogP contribution in [0.3, 0.4) is 0 Å². The first-order valence-corrected chi connectivity index (χ1v) is 9.10. The highest BCUT2D eigenvalue weighted by molar-refractivity contribution is 7.94. The van der Waals surface area contributed by atoms with Crippen molar-refractivity contribution in [2.24, 2.45) is 0 Å². The molecule has 0 aliphatic heterocycles. The maximum atomic E-state index is 12.0. The van der Waals surface area contributed by atoms with Gasteiger partial charge in [-0.3, -0.25) is 0 Å². The Morgan fingerprint density at radius 3 is 2.25 bits per heavy atom. The van der Waals surface area contributed by atoms with E-state index in [0.29, 0.717) is 0 Å². The van der Waals surface area contributed by atoms with Crippen molar-refractivity contribution in [3.05, 3.63) is 23.8 Å². The van der Waals surface area contributed by atoms with Crippen LogP contribution in [-0.4, -0.2) is 52.8 Å². The molecular formula is C11H14O7S2. The third-order valence-electron chi connectivity index (χ3n) is 2.48. The van der Waals surface area contributed by atoms with Crippen molar-refractivity contribution in [1.29, 1.82) is 0 Å². The van der Waals surface area contributed by atoms with Gasteiger partial charge in [0.1, 0.15) is 21.2 Å². The van der Waals surface area contributed by atoms with Crippen molar-refractivity contribution in [1.82, 2.24) is 0 Å². The minimum absolute atomic E-state index is 0.0274. The predicted molar refractivity (Wildman–Crippen MR) is 71.7 cm³/mol. The second-order valence-electron chi connectivity index (χ2n) is 4.12. The van der Waals surface area contributed by atoms with Crippen LogP contribution < -0.4 is 4.74 Å². The normalized spacial score (nSPS) is 12.1. The lowest BCUT2D eigenvalue weighted by atomic mass is 10.2. The number of ether oxygens (including phenoxy) is 1. The number of methoxy groups -OCH3 is 1. The van der Waals surface area contributed by atoms with Crippen LogP contribution in [0.2, 0.25) is 0 Å². The van der Waals surface area contributed by atoms with E-state index in [9.17, 15) is 21.6 Å². The monoisotopic (exact) mass is 322 g/mol. The molecule has 0 saturated heterocycles. The third-order valence-corrected chi connectivity index (χ3v) is 5.40. The van der Waals surface area contributed by atoms with E-state index >= 15 is 0 Å². The van der Waals surface area contributed by atoms with E-state index in [0.717, 1.165) is 12.3 Å². The zero-order valence-corrected chi connectivity index (χ0v) is 12.5. The molecule has 1 N–H and O–H groups in total. The van der Waals surface area contributed by atoms with Crippen molar-refractivity contribution in [3.8, 4) is 5.75 Å². The summed E-state index contributed by atoms with van der Waals surface area (Å²) < 4.78 is 50.7. The van der Waals surface area contributed by atoms with Gasteiger partial charge in [0.25, 0.3) is 0 Å². The van der Waals surface area contributed by atoms with Crippen LogP contribution in [0.4, 0.5) is 0 Å². The van der Waals surface area contributed by atoms with Crippen molar-refractivity contribution < 1.29 is 31.5 Å². The summed E-state index contributed by atoms with van der Waals surface area (Å²) >= 11 is 0. The first-order chi connectivity index (χ1) is 9.07. The van der Waals surface area contributed by atoms with Crippen molar-refractivity contribution in [2.45, 2.75) is 4.90 Å². The van der Waals surface area contributed by atoms with Crippen LogP contribution in [0.25, 0.3) is 0 Å². The number of sulfone groups is 2. The van der Waals surface area contributed by atoms with E-state index in [1.54, 1.807) is 0 Å². The maximum Gasteiger partial charge on any atom is 0.339 e. The van der Waals surface area contributed by atoms with E-state index in [4.69, 9.17) is 9.84 Å².